The van der Waals surface area contributed by atoms with E-state index >= 15 is 0 Å². The van der Waals surface area contributed by atoms with Crippen LogP contribution in [0.25, 0.3) is 64.6 Å². The van der Waals surface area contributed by atoms with Crippen LogP contribution in [0.15, 0.2) is 24.3 Å². The third-order valence-corrected chi connectivity index (χ3v) is 8.78. The predicted molar refractivity (Wildman–Crippen MR) is 196 cm³/mol. The largest absolute Gasteiger partial charge is 0.545 e. The highest BCUT2D eigenvalue weighted by atomic mass is 16.4. The average molecular weight is 744 g/mol. The van der Waals surface area contributed by atoms with Crippen molar-refractivity contribution in [2.75, 3.05) is 0 Å². The highest BCUT2D eigenvalue weighted by Gasteiger charge is 2.35. The third kappa shape index (κ3) is 5.19. The first kappa shape index (κ1) is 44.9. The zero-order valence-electron chi connectivity index (χ0n) is 23.6. The Labute approximate surface area is 306 Å². The number of carbonyl (C=O) groups is 8. The third-order valence-electron chi connectivity index (χ3n) is 8.78. The Kier molecular flexibility index (Phi) is 11.7. The molecule has 0 aliphatic rings. The zero-order chi connectivity index (χ0) is 35.0. The van der Waals surface area contributed by atoms with E-state index in [0.29, 0.717) is 6.07 Å². The van der Waals surface area contributed by atoms with Crippen LogP contribution in [0.3, 0.4) is 0 Å². The van der Waals surface area contributed by atoms with Crippen molar-refractivity contribution in [1.82, 2.24) is 0 Å². The van der Waals surface area contributed by atoms with Gasteiger partial charge < -0.3 is 50.1 Å². The molecule has 0 fully saturated rings. The first-order chi connectivity index (χ1) is 22.5. The van der Waals surface area contributed by atoms with Crippen LogP contribution in [-0.4, -0.2) is 68.0 Å². The van der Waals surface area contributed by atoms with Crippen molar-refractivity contribution in [3.63, 3.8) is 0 Å². The van der Waals surface area contributed by atoms with E-state index in [4.69, 9.17) is 0 Å². The summed E-state index contributed by atoms with van der Waals surface area (Å²) in [6.07, 6.45) is 0. The number of carboxylic acids is 7. The van der Waals surface area contributed by atoms with E-state index in [0.717, 1.165) is 25.1 Å². The van der Waals surface area contributed by atoms with Gasteiger partial charge in [0.2, 0.25) is 0 Å². The van der Waals surface area contributed by atoms with E-state index in [2.05, 4.69) is 0 Å². The molecule has 4 N–H and O–H groups in total. The lowest BCUT2D eigenvalue weighted by Gasteiger charge is -2.29. The van der Waals surface area contributed by atoms with Crippen molar-refractivity contribution in [3.05, 3.63) is 68.8 Å². The molecule has 0 aromatic heterocycles. The minimum atomic E-state index is -2.17. The van der Waals surface area contributed by atoms with Crippen molar-refractivity contribution in [2.45, 2.75) is 51.5 Å². The van der Waals surface area contributed by atoms with Crippen molar-refractivity contribution in [1.29, 1.82) is 0 Å². The number of benzene rings is 7. The molecular weight excluding hydrogens is 708 g/mol. The Morgan fingerprint density at radius 2 is 0.648 bits per heavy atom. The molecule has 0 aliphatic heterocycles. The number of rotatable bonds is 8. The van der Waals surface area contributed by atoms with Gasteiger partial charge in [-0.1, -0.05) is 44.6 Å². The number of hydrogen-bond acceptors (Lipinski definition) is 11. The van der Waals surface area contributed by atoms with Gasteiger partial charge >= 0.3 is 23.9 Å². The summed E-state index contributed by atoms with van der Waals surface area (Å²) in [4.78, 5) is 102. The first-order valence-corrected chi connectivity index (χ1v) is 13.4. The topological polar surface area (TPSA) is 287 Å². The van der Waals surface area contributed by atoms with Crippen molar-refractivity contribution in [3.8, 4) is 0 Å². The Morgan fingerprint density at radius 1 is 0.370 bits per heavy atom. The van der Waals surface area contributed by atoms with E-state index in [1.54, 1.807) is 0 Å². The summed E-state index contributed by atoms with van der Waals surface area (Å²) in [6.45, 7) is 0.991. The Hall–Kier alpha value is -7.16. The predicted octanol–water partition coefficient (Wildman–Crippen LogP) is 4.82. The van der Waals surface area contributed by atoms with Gasteiger partial charge in [0.25, 0.3) is 0 Å². The Bertz CT molecular complexity index is 2420. The van der Waals surface area contributed by atoms with Crippen LogP contribution in [0.5, 0.6) is 0 Å². The maximum Gasteiger partial charge on any atom is 0.337 e. The van der Waals surface area contributed by atoms with Gasteiger partial charge in [-0.3, -0.25) is 4.79 Å². The fourth-order valence-corrected chi connectivity index (χ4v) is 7.28. The molecular formula is C39H35O15-3. The SMILES string of the molecule is C.C.C.C.C.C.CC(=O)c1cc2c(C(=O)[O-])c(C(=O)[O-])c3cc(C(=O)[O-])c4c(C(=O)O)cc5c(C(=O)O)c(C(=O)O)c6cc(C(=O)O)c1c1c2c3c4c5c61. The molecule has 15 heteroatoms. The molecule has 15 nitrogen and oxygen atoms in total. The molecule has 0 spiro atoms. The smallest absolute Gasteiger partial charge is 0.337 e. The highest BCUT2D eigenvalue weighted by Crippen LogP contribution is 2.54. The van der Waals surface area contributed by atoms with Gasteiger partial charge in [-0.15, -0.1) is 0 Å². The second-order valence-corrected chi connectivity index (χ2v) is 11.0. The molecule has 0 unspecified atom stereocenters. The molecule has 7 aromatic carbocycles. The van der Waals surface area contributed by atoms with Gasteiger partial charge in [0.05, 0.1) is 40.2 Å². The van der Waals surface area contributed by atoms with Crippen LogP contribution < -0.4 is 15.3 Å². The molecule has 54 heavy (non-hydrogen) atoms. The maximum absolute atomic E-state index is 13.1. The summed E-state index contributed by atoms with van der Waals surface area (Å²) in [6, 6.07) is 3.04. The quantitative estimate of drug-likeness (QED) is 0.0921. The Morgan fingerprint density at radius 3 is 0.907 bits per heavy atom. The van der Waals surface area contributed by atoms with E-state index in [9.17, 15) is 74.1 Å². The lowest BCUT2D eigenvalue weighted by Crippen LogP contribution is -2.31. The number of aromatic carboxylic acids is 7. The molecule has 284 valence electrons. The molecule has 0 saturated carbocycles. The van der Waals surface area contributed by atoms with E-state index in [1.807, 2.05) is 0 Å². The second kappa shape index (κ2) is 14.1. The van der Waals surface area contributed by atoms with Gasteiger partial charge in [-0.2, -0.15) is 0 Å². The van der Waals surface area contributed by atoms with E-state index < -0.39 is 124 Å². The van der Waals surface area contributed by atoms with Gasteiger partial charge in [0.15, 0.2) is 5.78 Å². The monoisotopic (exact) mass is 743 g/mol. The summed E-state index contributed by atoms with van der Waals surface area (Å²) in [5.74, 6) is -14.6. The van der Waals surface area contributed by atoms with Gasteiger partial charge in [-0.25, -0.2) is 19.2 Å². The fraction of sp³-hybridized carbons (Fsp3) is 0.179. The van der Waals surface area contributed by atoms with Crippen molar-refractivity contribution >= 4 is 112 Å². The maximum atomic E-state index is 13.1. The molecule has 7 aromatic rings. The number of carboxylic acid groups (broad SMARTS) is 7. The van der Waals surface area contributed by atoms with Gasteiger partial charge in [-0.05, 0) is 74.3 Å². The fourth-order valence-electron chi connectivity index (χ4n) is 7.28. The molecule has 0 bridgehead atoms. The number of Topliss-reactive ketones (excluding diaryl/α,β-unsaturated/α-hetero) is 1. The van der Waals surface area contributed by atoms with E-state index in [-0.39, 0.29) is 76.9 Å². The molecule has 0 aliphatic carbocycles. The van der Waals surface area contributed by atoms with Crippen LogP contribution in [0.1, 0.15) is 134 Å². The van der Waals surface area contributed by atoms with Crippen molar-refractivity contribution < 1.29 is 74.1 Å². The minimum Gasteiger partial charge on any atom is -0.545 e. The summed E-state index contributed by atoms with van der Waals surface area (Å²) < 4.78 is 0. The van der Waals surface area contributed by atoms with Crippen LogP contribution in [0, 0.1) is 0 Å². The summed E-state index contributed by atoms with van der Waals surface area (Å²) in [5, 5.41) is 73.6. The van der Waals surface area contributed by atoms with Crippen molar-refractivity contribution in [2.24, 2.45) is 0 Å². The Balaban J connectivity index is 0.00000243. The molecule has 0 amide bonds. The number of ketones is 1. The van der Waals surface area contributed by atoms with Crippen LogP contribution in [0.2, 0.25) is 0 Å². The molecule has 0 radical (unpaired) electrons. The molecule has 0 saturated heterocycles. The molecule has 7 rings (SSSR count). The van der Waals surface area contributed by atoms with Crippen LogP contribution >= 0.6 is 0 Å². The normalized spacial score (nSPS) is 10.5. The lowest BCUT2D eigenvalue weighted by molar-refractivity contribution is -0.259. The van der Waals surface area contributed by atoms with Gasteiger partial charge in [0, 0.05) is 43.8 Å². The highest BCUT2D eigenvalue weighted by molar-refractivity contribution is 6.51. The lowest BCUT2D eigenvalue weighted by atomic mass is 9.74. The second-order valence-electron chi connectivity index (χ2n) is 11.0. The first-order valence-electron chi connectivity index (χ1n) is 13.4. The van der Waals surface area contributed by atoms with Gasteiger partial charge in [0.1, 0.15) is 0 Å². The average Bonchev–Trinajstić information content (AvgIpc) is 2.99. The number of hydrogen-bond donors (Lipinski definition) is 4. The van der Waals surface area contributed by atoms with E-state index in [1.165, 1.54) is 0 Å². The van der Waals surface area contributed by atoms with Crippen LogP contribution in [-0.2, 0) is 0 Å². The summed E-state index contributed by atoms with van der Waals surface area (Å²) in [7, 11) is 0. The summed E-state index contributed by atoms with van der Waals surface area (Å²) >= 11 is 0. The zero-order valence-corrected chi connectivity index (χ0v) is 23.6. The molecule has 0 heterocycles. The number of carbonyl (C=O) groups excluding carboxylic acids is 4. The summed E-state index contributed by atoms with van der Waals surface area (Å²) in [5.41, 5.74) is -7.30. The molecule has 0 atom stereocenters. The standard InChI is InChI=1S/C33H14O15.6CH4/c1-6(34)7-2-8-17-19-10(22(31(43)44)21(8)30(41)42)4-13(28(37)38)16-14(29(39)40)5-11-20(26(16)19)18-9(23(32(45)46)24(11)33(47)48)3-12(27(35)36)15(7)25(17)18;;;;;;/h2-5H,1H3,(H,35,36)(H,37,38)(H,39,40)(H,41,42)(H,43,44)(H,45,46)(H,47,48);6*1H4/p-3. The minimum absolute atomic E-state index is 0. The van der Waals surface area contributed by atoms with Crippen LogP contribution in [0.4, 0.5) is 0 Å².